The van der Waals surface area contributed by atoms with E-state index < -0.39 is 0 Å². The number of fused-ring (bicyclic) bond motifs is 1. The number of halogens is 1. The number of hydrogen-bond donors (Lipinski definition) is 2. The lowest BCUT2D eigenvalue weighted by Gasteiger charge is -2.57. The van der Waals surface area contributed by atoms with Gasteiger partial charge in [-0.1, -0.05) is 28.1 Å². The first-order valence-electron chi connectivity index (χ1n) is 6.10. The summed E-state index contributed by atoms with van der Waals surface area (Å²) >= 11 is 3.42. The number of benzene rings is 1. The Morgan fingerprint density at radius 2 is 2.11 bits per heavy atom. The molecule has 2 fully saturated rings. The average Bonchev–Trinajstić information content (AvgIpc) is 2.34. The first-order valence-corrected chi connectivity index (χ1v) is 6.90. The lowest BCUT2D eigenvalue weighted by Crippen LogP contribution is -2.72. The Balaban J connectivity index is 1.88. The lowest BCUT2D eigenvalue weighted by atomic mass is 9.74. The number of hydrogen-bond acceptors (Lipinski definition) is 3. The van der Waals surface area contributed by atoms with Crippen LogP contribution in [0.25, 0.3) is 0 Å². The van der Waals surface area contributed by atoms with Crippen molar-refractivity contribution in [2.45, 2.75) is 18.0 Å². The maximum atomic E-state index is 11.8. The molecule has 1 amide bonds. The van der Waals surface area contributed by atoms with Crippen molar-refractivity contribution in [1.82, 2.24) is 10.2 Å². The van der Waals surface area contributed by atoms with Gasteiger partial charge in [0, 0.05) is 16.9 Å². The van der Waals surface area contributed by atoms with E-state index in [9.17, 15) is 9.90 Å². The minimum absolute atomic E-state index is 0.0307. The third-order valence-electron chi connectivity index (χ3n) is 3.90. The Morgan fingerprint density at radius 1 is 1.39 bits per heavy atom. The lowest BCUT2D eigenvalue weighted by molar-refractivity contribution is -0.153. The number of nitrogens with zero attached hydrogens (tertiary/aromatic N) is 1. The molecule has 0 aromatic heterocycles. The maximum Gasteiger partial charge on any atom is 0.237 e. The fraction of sp³-hybridized carbons (Fsp3) is 0.462. The van der Waals surface area contributed by atoms with Crippen molar-refractivity contribution in [3.63, 3.8) is 0 Å². The molecule has 0 unspecified atom stereocenters. The van der Waals surface area contributed by atoms with Gasteiger partial charge in [0.25, 0.3) is 0 Å². The van der Waals surface area contributed by atoms with Crippen molar-refractivity contribution >= 4 is 21.8 Å². The highest BCUT2D eigenvalue weighted by atomic mass is 79.9. The number of carbonyl (C=O) groups is 1. The van der Waals surface area contributed by atoms with Gasteiger partial charge in [-0.15, -0.1) is 0 Å². The van der Waals surface area contributed by atoms with Gasteiger partial charge in [0.2, 0.25) is 5.91 Å². The summed E-state index contributed by atoms with van der Waals surface area (Å²) in [6.07, 6.45) is 0. The minimum atomic E-state index is -0.0641. The van der Waals surface area contributed by atoms with E-state index in [1.54, 1.807) is 0 Å². The third kappa shape index (κ3) is 1.77. The average molecular weight is 311 g/mol. The smallest absolute Gasteiger partial charge is 0.237 e. The van der Waals surface area contributed by atoms with Crippen LogP contribution in [0.3, 0.4) is 0 Å². The zero-order valence-corrected chi connectivity index (χ0v) is 11.4. The van der Waals surface area contributed by atoms with Crippen LogP contribution in [-0.2, 0) is 4.79 Å². The molecule has 2 aliphatic rings. The highest BCUT2D eigenvalue weighted by Gasteiger charge is 2.52. The van der Waals surface area contributed by atoms with Crippen LogP contribution in [0, 0.1) is 0 Å². The molecule has 0 bridgehead atoms. The summed E-state index contributed by atoms with van der Waals surface area (Å²) in [7, 11) is 0. The zero-order valence-electron chi connectivity index (χ0n) is 9.84. The Bertz CT molecular complexity index is 457. The van der Waals surface area contributed by atoms with Gasteiger partial charge >= 0.3 is 0 Å². The first kappa shape index (κ1) is 12.1. The Hall–Kier alpha value is -0.910. The predicted molar refractivity (Wildman–Crippen MR) is 71.3 cm³/mol. The van der Waals surface area contributed by atoms with Gasteiger partial charge in [-0.3, -0.25) is 4.79 Å². The molecule has 1 aromatic carbocycles. The SMILES string of the molecule is O=C1CNC[C@@H]2[C@@H](c3ccc(Br)cc3)[C@H](CO)N12. The van der Waals surface area contributed by atoms with Gasteiger partial charge in [0.1, 0.15) is 0 Å². The van der Waals surface area contributed by atoms with Crippen LogP contribution in [0.4, 0.5) is 0 Å². The molecule has 5 heteroatoms. The van der Waals surface area contributed by atoms with E-state index in [1.807, 2.05) is 17.0 Å². The van der Waals surface area contributed by atoms with Crippen molar-refractivity contribution < 1.29 is 9.90 Å². The minimum Gasteiger partial charge on any atom is -0.394 e. The van der Waals surface area contributed by atoms with Crippen molar-refractivity contribution in [3.8, 4) is 0 Å². The monoisotopic (exact) mass is 310 g/mol. The molecule has 3 rings (SSSR count). The summed E-state index contributed by atoms with van der Waals surface area (Å²) in [6, 6.07) is 8.26. The number of carbonyl (C=O) groups excluding carboxylic acids is 1. The second-order valence-corrected chi connectivity index (χ2v) is 5.74. The van der Waals surface area contributed by atoms with Crippen LogP contribution < -0.4 is 5.32 Å². The largest absolute Gasteiger partial charge is 0.394 e. The van der Waals surface area contributed by atoms with E-state index in [2.05, 4.69) is 33.4 Å². The fourth-order valence-electron chi connectivity index (χ4n) is 3.09. The van der Waals surface area contributed by atoms with Gasteiger partial charge < -0.3 is 15.3 Å². The molecule has 4 nitrogen and oxygen atoms in total. The van der Waals surface area contributed by atoms with Crippen LogP contribution in [0.1, 0.15) is 11.5 Å². The number of piperazine rings is 1. The molecule has 0 saturated carbocycles. The molecule has 1 aromatic rings. The predicted octanol–water partition coefficient (Wildman–Crippen LogP) is 0.708. The topological polar surface area (TPSA) is 52.6 Å². The molecule has 2 heterocycles. The highest BCUT2D eigenvalue weighted by Crippen LogP contribution is 2.41. The molecule has 3 atom stereocenters. The zero-order chi connectivity index (χ0) is 12.7. The summed E-state index contributed by atoms with van der Waals surface area (Å²) < 4.78 is 1.04. The van der Waals surface area contributed by atoms with Crippen LogP contribution in [0.2, 0.25) is 0 Å². The number of rotatable bonds is 2. The second-order valence-electron chi connectivity index (χ2n) is 4.83. The summed E-state index contributed by atoms with van der Waals surface area (Å²) in [5, 5.41) is 12.6. The van der Waals surface area contributed by atoms with Gasteiger partial charge in [0.15, 0.2) is 0 Å². The van der Waals surface area contributed by atoms with E-state index in [0.717, 1.165) is 11.0 Å². The van der Waals surface area contributed by atoms with Gasteiger partial charge in [-0.2, -0.15) is 0 Å². The van der Waals surface area contributed by atoms with E-state index >= 15 is 0 Å². The molecule has 0 spiro atoms. The Kier molecular flexibility index (Phi) is 3.13. The molecule has 2 N–H and O–H groups in total. The van der Waals surface area contributed by atoms with Gasteiger partial charge in [-0.05, 0) is 17.7 Å². The van der Waals surface area contributed by atoms with Crippen molar-refractivity contribution in [2.24, 2.45) is 0 Å². The number of aliphatic hydroxyl groups excluding tert-OH is 1. The maximum absolute atomic E-state index is 11.8. The van der Waals surface area contributed by atoms with E-state index in [0.29, 0.717) is 6.54 Å². The van der Waals surface area contributed by atoms with E-state index in [4.69, 9.17) is 0 Å². The number of nitrogens with one attached hydrogen (secondary N) is 1. The summed E-state index contributed by atoms with van der Waals surface area (Å²) in [5.74, 6) is 0.332. The van der Waals surface area contributed by atoms with E-state index in [-0.39, 0.29) is 30.5 Å². The van der Waals surface area contributed by atoms with Crippen molar-refractivity contribution in [1.29, 1.82) is 0 Å². The van der Waals surface area contributed by atoms with Crippen LogP contribution in [0.5, 0.6) is 0 Å². The summed E-state index contributed by atoms with van der Waals surface area (Å²) in [5.41, 5.74) is 1.19. The quantitative estimate of drug-likeness (QED) is 0.846. The molecule has 18 heavy (non-hydrogen) atoms. The van der Waals surface area contributed by atoms with Crippen LogP contribution >= 0.6 is 15.9 Å². The molecule has 2 aliphatic heterocycles. The number of aliphatic hydroxyl groups is 1. The van der Waals surface area contributed by atoms with Crippen molar-refractivity contribution in [3.05, 3.63) is 34.3 Å². The second kappa shape index (κ2) is 4.64. The Labute approximate surface area is 114 Å². The summed E-state index contributed by atoms with van der Waals surface area (Å²) in [6.45, 7) is 1.23. The van der Waals surface area contributed by atoms with Crippen molar-refractivity contribution in [2.75, 3.05) is 19.7 Å². The Morgan fingerprint density at radius 3 is 2.78 bits per heavy atom. The molecule has 0 radical (unpaired) electrons. The molecule has 0 aliphatic carbocycles. The van der Waals surface area contributed by atoms with Crippen LogP contribution in [0.15, 0.2) is 28.7 Å². The normalized spacial score (nSPS) is 30.9. The van der Waals surface area contributed by atoms with E-state index in [1.165, 1.54) is 5.56 Å². The summed E-state index contributed by atoms with van der Waals surface area (Å²) in [4.78, 5) is 13.6. The third-order valence-corrected chi connectivity index (χ3v) is 4.43. The standard InChI is InChI=1S/C13H15BrN2O2/c14-9-3-1-8(2-4-9)13-10-5-15-6-12(18)16(10)11(13)7-17/h1-4,10-11,13,15,17H,5-7H2/t10-,11+,13-/m1/s1. The molecule has 2 saturated heterocycles. The van der Waals surface area contributed by atoms with Crippen LogP contribution in [-0.4, -0.2) is 47.7 Å². The molecular formula is C13H15BrN2O2. The van der Waals surface area contributed by atoms with Gasteiger partial charge in [0.05, 0.1) is 25.2 Å². The number of amides is 1. The fourth-order valence-corrected chi connectivity index (χ4v) is 3.36. The first-order chi connectivity index (χ1) is 8.72. The van der Waals surface area contributed by atoms with Gasteiger partial charge in [-0.25, -0.2) is 0 Å². The highest BCUT2D eigenvalue weighted by molar-refractivity contribution is 9.10. The molecular weight excluding hydrogens is 296 g/mol. The molecule has 96 valence electrons.